The minimum Gasteiger partial charge on any atom is -0.464 e. The number of pyridine rings is 1. The van der Waals surface area contributed by atoms with Gasteiger partial charge in [-0.05, 0) is 11.5 Å². The van der Waals surface area contributed by atoms with Crippen molar-refractivity contribution in [1.82, 2.24) is 9.97 Å². The highest BCUT2D eigenvalue weighted by Gasteiger charge is 2.13. The van der Waals surface area contributed by atoms with E-state index in [1.165, 1.54) is 7.11 Å². The Morgan fingerprint density at radius 3 is 2.94 bits per heavy atom. The molecule has 0 fully saturated rings. The fourth-order valence-electron chi connectivity index (χ4n) is 2.06. The van der Waals surface area contributed by atoms with Gasteiger partial charge in [0.2, 0.25) is 0 Å². The first kappa shape index (κ1) is 9.84. The Hall–Kier alpha value is -2.36. The number of carbonyl (C=O) groups is 1. The van der Waals surface area contributed by atoms with Crippen LogP contribution in [-0.2, 0) is 4.74 Å². The minimum atomic E-state index is -0.353. The molecule has 0 aliphatic heterocycles. The Bertz CT molecular complexity index is 716. The highest BCUT2D eigenvalue weighted by molar-refractivity contribution is 6.13. The second-order valence-electron chi connectivity index (χ2n) is 3.78. The third kappa shape index (κ3) is 1.38. The van der Waals surface area contributed by atoms with Crippen LogP contribution in [0.4, 0.5) is 0 Å². The second-order valence-corrected chi connectivity index (χ2v) is 3.78. The molecule has 0 unspecified atom stereocenters. The van der Waals surface area contributed by atoms with Gasteiger partial charge in [0.1, 0.15) is 5.69 Å². The molecule has 0 aliphatic rings. The Balaban J connectivity index is 2.39. The van der Waals surface area contributed by atoms with Gasteiger partial charge in [-0.1, -0.05) is 12.1 Å². The average molecular weight is 226 g/mol. The fourth-order valence-corrected chi connectivity index (χ4v) is 2.06. The first-order valence-electron chi connectivity index (χ1n) is 5.23. The monoisotopic (exact) mass is 226 g/mol. The van der Waals surface area contributed by atoms with Gasteiger partial charge in [-0.25, -0.2) is 4.79 Å². The molecule has 0 spiro atoms. The summed E-state index contributed by atoms with van der Waals surface area (Å²) < 4.78 is 4.73. The molecule has 4 heteroatoms. The van der Waals surface area contributed by atoms with Crippen molar-refractivity contribution in [2.24, 2.45) is 0 Å². The fraction of sp³-hybridized carbons (Fsp3) is 0.0769. The molecule has 2 heterocycles. The van der Waals surface area contributed by atoms with Crippen molar-refractivity contribution in [3.05, 3.63) is 42.5 Å². The zero-order valence-electron chi connectivity index (χ0n) is 9.23. The Morgan fingerprint density at radius 1 is 1.24 bits per heavy atom. The summed E-state index contributed by atoms with van der Waals surface area (Å²) in [7, 11) is 1.37. The van der Waals surface area contributed by atoms with E-state index in [-0.39, 0.29) is 5.97 Å². The van der Waals surface area contributed by atoms with Crippen LogP contribution in [0, 0.1) is 0 Å². The molecule has 0 aliphatic carbocycles. The largest absolute Gasteiger partial charge is 0.464 e. The van der Waals surface area contributed by atoms with Gasteiger partial charge in [0, 0.05) is 34.7 Å². The first-order valence-corrected chi connectivity index (χ1v) is 5.23. The van der Waals surface area contributed by atoms with E-state index in [4.69, 9.17) is 4.74 Å². The Labute approximate surface area is 97.2 Å². The van der Waals surface area contributed by atoms with E-state index >= 15 is 0 Å². The number of aromatic amines is 1. The normalized spacial score (nSPS) is 10.9. The van der Waals surface area contributed by atoms with Crippen molar-refractivity contribution in [1.29, 1.82) is 0 Å². The maximum absolute atomic E-state index is 11.6. The highest BCUT2D eigenvalue weighted by Crippen LogP contribution is 2.27. The van der Waals surface area contributed by atoms with Gasteiger partial charge in [0.15, 0.2) is 0 Å². The van der Waals surface area contributed by atoms with E-state index in [0.29, 0.717) is 5.69 Å². The number of ether oxygens (including phenoxy) is 1. The van der Waals surface area contributed by atoms with Crippen LogP contribution in [0.5, 0.6) is 0 Å². The maximum atomic E-state index is 11.6. The van der Waals surface area contributed by atoms with Gasteiger partial charge >= 0.3 is 5.97 Å². The van der Waals surface area contributed by atoms with Crippen LogP contribution in [-0.4, -0.2) is 23.0 Å². The number of nitrogens with one attached hydrogen (secondary N) is 1. The number of esters is 1. The summed E-state index contributed by atoms with van der Waals surface area (Å²) >= 11 is 0. The molecular weight excluding hydrogens is 216 g/mol. The smallest absolute Gasteiger partial charge is 0.355 e. The lowest BCUT2D eigenvalue weighted by molar-refractivity contribution is 0.0597. The van der Waals surface area contributed by atoms with Crippen molar-refractivity contribution in [2.75, 3.05) is 7.11 Å². The van der Waals surface area contributed by atoms with Gasteiger partial charge in [0.05, 0.1) is 7.11 Å². The second kappa shape index (κ2) is 3.59. The number of methoxy groups -OCH3 is 1. The highest BCUT2D eigenvalue weighted by atomic mass is 16.5. The SMILES string of the molecule is COC(=O)c1[nH]cc2c1ccc1cnccc12. The standard InChI is InChI=1S/C13H10N2O2/c1-17-13(16)12-10-3-2-8-6-14-5-4-9(8)11(10)7-15-12/h2-7,15H,1H3. The summed E-state index contributed by atoms with van der Waals surface area (Å²) in [4.78, 5) is 18.6. The van der Waals surface area contributed by atoms with E-state index < -0.39 is 0 Å². The van der Waals surface area contributed by atoms with Gasteiger partial charge in [-0.15, -0.1) is 0 Å². The van der Waals surface area contributed by atoms with E-state index in [9.17, 15) is 4.79 Å². The summed E-state index contributed by atoms with van der Waals surface area (Å²) in [6.45, 7) is 0. The number of aromatic nitrogens is 2. The van der Waals surface area contributed by atoms with Crippen LogP contribution in [0.1, 0.15) is 10.5 Å². The van der Waals surface area contributed by atoms with Gasteiger partial charge < -0.3 is 9.72 Å². The van der Waals surface area contributed by atoms with Gasteiger partial charge in [-0.2, -0.15) is 0 Å². The molecule has 3 aromatic rings. The molecule has 1 N–H and O–H groups in total. The van der Waals surface area contributed by atoms with Gasteiger partial charge in [0.25, 0.3) is 0 Å². The summed E-state index contributed by atoms with van der Waals surface area (Å²) in [5.74, 6) is -0.353. The molecule has 0 amide bonds. The van der Waals surface area contributed by atoms with E-state index in [1.807, 2.05) is 24.4 Å². The van der Waals surface area contributed by atoms with Crippen molar-refractivity contribution in [3.63, 3.8) is 0 Å². The molecule has 0 atom stereocenters. The molecule has 1 aromatic carbocycles. The van der Waals surface area contributed by atoms with E-state index in [2.05, 4.69) is 9.97 Å². The average Bonchev–Trinajstić information content (AvgIpc) is 2.82. The lowest BCUT2D eigenvalue weighted by Crippen LogP contribution is -2.01. The predicted molar refractivity (Wildman–Crippen MR) is 64.9 cm³/mol. The van der Waals surface area contributed by atoms with Crippen molar-refractivity contribution in [3.8, 4) is 0 Å². The summed E-state index contributed by atoms with van der Waals surface area (Å²) in [5, 5.41) is 4.00. The minimum absolute atomic E-state index is 0.353. The number of fused-ring (bicyclic) bond motifs is 3. The quantitative estimate of drug-likeness (QED) is 0.648. The maximum Gasteiger partial charge on any atom is 0.355 e. The zero-order valence-corrected chi connectivity index (χ0v) is 9.23. The molecule has 4 nitrogen and oxygen atoms in total. The summed E-state index contributed by atoms with van der Waals surface area (Å²) in [6, 6.07) is 5.79. The third-order valence-corrected chi connectivity index (χ3v) is 2.88. The number of rotatable bonds is 1. The number of H-pyrrole nitrogens is 1. The number of nitrogens with zero attached hydrogens (tertiary/aromatic N) is 1. The number of hydrogen-bond acceptors (Lipinski definition) is 3. The molecule has 3 rings (SSSR count). The van der Waals surface area contributed by atoms with Crippen molar-refractivity contribution in [2.45, 2.75) is 0 Å². The molecule has 0 saturated carbocycles. The van der Waals surface area contributed by atoms with Gasteiger partial charge in [-0.3, -0.25) is 4.98 Å². The molecule has 17 heavy (non-hydrogen) atoms. The molecule has 0 bridgehead atoms. The van der Waals surface area contributed by atoms with Crippen molar-refractivity contribution >= 4 is 27.5 Å². The third-order valence-electron chi connectivity index (χ3n) is 2.88. The van der Waals surface area contributed by atoms with Crippen LogP contribution >= 0.6 is 0 Å². The first-order chi connectivity index (χ1) is 8.31. The number of hydrogen-bond donors (Lipinski definition) is 1. The molecule has 0 saturated heterocycles. The number of benzene rings is 1. The van der Waals surface area contributed by atoms with Crippen LogP contribution in [0.25, 0.3) is 21.5 Å². The van der Waals surface area contributed by atoms with Crippen LogP contribution in [0.2, 0.25) is 0 Å². The Kier molecular flexibility index (Phi) is 2.08. The zero-order chi connectivity index (χ0) is 11.8. The Morgan fingerprint density at radius 2 is 2.12 bits per heavy atom. The molecule has 0 radical (unpaired) electrons. The van der Waals surface area contributed by atoms with E-state index in [0.717, 1.165) is 21.5 Å². The summed E-state index contributed by atoms with van der Waals surface area (Å²) in [6.07, 6.45) is 5.37. The van der Waals surface area contributed by atoms with Crippen LogP contribution in [0.15, 0.2) is 36.8 Å². The summed E-state index contributed by atoms with van der Waals surface area (Å²) in [5.41, 5.74) is 0.487. The predicted octanol–water partition coefficient (Wildman–Crippen LogP) is 2.50. The molecule has 2 aromatic heterocycles. The lowest BCUT2D eigenvalue weighted by Gasteiger charge is -2.00. The van der Waals surface area contributed by atoms with Crippen LogP contribution in [0.3, 0.4) is 0 Å². The van der Waals surface area contributed by atoms with Crippen LogP contribution < -0.4 is 0 Å². The van der Waals surface area contributed by atoms with Crippen molar-refractivity contribution < 1.29 is 9.53 Å². The number of carbonyl (C=O) groups excluding carboxylic acids is 1. The van der Waals surface area contributed by atoms with E-state index in [1.54, 1.807) is 12.4 Å². The topological polar surface area (TPSA) is 55.0 Å². The molecule has 84 valence electrons. The molecular formula is C13H10N2O2. The lowest BCUT2D eigenvalue weighted by atomic mass is 10.1.